The molecule has 0 bridgehead atoms. The second kappa shape index (κ2) is 9.63. The first-order valence-electron chi connectivity index (χ1n) is 12.3. The summed E-state index contributed by atoms with van der Waals surface area (Å²) in [5.74, 6) is -0.112. The minimum absolute atomic E-state index is 0.208. The molecule has 1 aromatic heterocycles. The van der Waals surface area contributed by atoms with E-state index >= 15 is 0 Å². The molecular formula is C30H30N2O4. The number of aliphatic hydroxyl groups is 1. The minimum atomic E-state index is -0.742. The van der Waals surface area contributed by atoms with Gasteiger partial charge in [0.05, 0.1) is 11.5 Å². The Kier molecular flexibility index (Phi) is 6.37. The van der Waals surface area contributed by atoms with Crippen LogP contribution in [-0.4, -0.2) is 33.5 Å². The van der Waals surface area contributed by atoms with Crippen molar-refractivity contribution in [2.45, 2.75) is 50.7 Å². The van der Waals surface area contributed by atoms with Gasteiger partial charge in [-0.05, 0) is 48.9 Å². The Labute approximate surface area is 210 Å². The summed E-state index contributed by atoms with van der Waals surface area (Å²) < 4.78 is 5.66. The third kappa shape index (κ3) is 4.64. The maximum Gasteiger partial charge on any atom is 0.314 e. The van der Waals surface area contributed by atoms with Crippen molar-refractivity contribution in [2.75, 3.05) is 5.32 Å². The molecule has 2 unspecified atom stereocenters. The highest BCUT2D eigenvalue weighted by Crippen LogP contribution is 2.48. The predicted octanol–water partition coefficient (Wildman–Crippen LogP) is 5.84. The van der Waals surface area contributed by atoms with Crippen LogP contribution in [0.15, 0.2) is 83.4 Å². The monoisotopic (exact) mass is 482 g/mol. The summed E-state index contributed by atoms with van der Waals surface area (Å²) in [5.41, 5.74) is 5.70. The van der Waals surface area contributed by atoms with Gasteiger partial charge in [-0.1, -0.05) is 84.0 Å². The third-order valence-electron chi connectivity index (χ3n) is 7.18. The van der Waals surface area contributed by atoms with Crippen molar-refractivity contribution >= 4 is 11.7 Å². The first-order chi connectivity index (χ1) is 17.4. The number of nitrogens with one attached hydrogen (secondary N) is 1. The highest BCUT2D eigenvalue weighted by molar-refractivity contribution is 5.85. The highest BCUT2D eigenvalue weighted by atomic mass is 16.5. The zero-order valence-corrected chi connectivity index (χ0v) is 20.4. The summed E-state index contributed by atoms with van der Waals surface area (Å²) in [4.78, 5) is 11.6. The van der Waals surface area contributed by atoms with Crippen molar-refractivity contribution in [2.24, 2.45) is 0 Å². The topological polar surface area (TPSA) is 95.6 Å². The largest absolute Gasteiger partial charge is 0.481 e. The Hall–Kier alpha value is -3.90. The molecule has 6 nitrogen and oxygen atoms in total. The number of hydrogen-bond donors (Lipinski definition) is 3. The molecule has 0 saturated heterocycles. The summed E-state index contributed by atoms with van der Waals surface area (Å²) in [6, 6.07) is 25.5. The average Bonchev–Trinajstić information content (AvgIpc) is 3.64. The lowest BCUT2D eigenvalue weighted by Gasteiger charge is -2.21. The average molecular weight is 483 g/mol. The second-order valence-electron chi connectivity index (χ2n) is 9.70. The summed E-state index contributed by atoms with van der Waals surface area (Å²) in [5, 5.41) is 27.8. The minimum Gasteiger partial charge on any atom is -0.481 e. The molecule has 4 aromatic rings. The summed E-state index contributed by atoms with van der Waals surface area (Å²) in [6.07, 6.45) is 1.38. The molecule has 36 heavy (non-hydrogen) atoms. The zero-order valence-electron chi connectivity index (χ0n) is 20.4. The predicted molar refractivity (Wildman–Crippen MR) is 140 cm³/mol. The Morgan fingerprint density at radius 1 is 0.972 bits per heavy atom. The Morgan fingerprint density at radius 2 is 1.56 bits per heavy atom. The number of rotatable bonds is 9. The molecule has 1 heterocycles. The number of aryl methyl sites for hydroxylation is 1. The van der Waals surface area contributed by atoms with E-state index in [1.165, 1.54) is 0 Å². The molecule has 2 atom stereocenters. The molecule has 1 aliphatic carbocycles. The van der Waals surface area contributed by atoms with Crippen LogP contribution in [0.25, 0.3) is 22.5 Å². The van der Waals surface area contributed by atoms with E-state index in [1.54, 1.807) is 0 Å². The van der Waals surface area contributed by atoms with Crippen LogP contribution in [-0.2, 0) is 16.6 Å². The lowest BCUT2D eigenvalue weighted by atomic mass is 9.93. The van der Waals surface area contributed by atoms with E-state index in [-0.39, 0.29) is 6.04 Å². The molecule has 0 spiro atoms. The van der Waals surface area contributed by atoms with Gasteiger partial charge in [0, 0.05) is 18.0 Å². The number of carbonyl (C=O) groups is 1. The smallest absolute Gasteiger partial charge is 0.314 e. The number of carboxylic acid groups (broad SMARTS) is 1. The summed E-state index contributed by atoms with van der Waals surface area (Å²) in [6.45, 7) is 3.83. The molecule has 1 fully saturated rings. The summed E-state index contributed by atoms with van der Waals surface area (Å²) >= 11 is 0. The first kappa shape index (κ1) is 23.8. The SMILES string of the molecule is Cc1noc(-c2ccc(-c3ccc(C4(C(=O)O)CC4)cc3)cc2)c1NC(C)C(O)Cc1ccccc1. The van der Waals surface area contributed by atoms with Crippen LogP contribution in [0.4, 0.5) is 5.69 Å². The Bertz CT molecular complexity index is 1340. The van der Waals surface area contributed by atoms with E-state index < -0.39 is 17.5 Å². The van der Waals surface area contributed by atoms with E-state index in [4.69, 9.17) is 4.52 Å². The molecule has 0 amide bonds. The van der Waals surface area contributed by atoms with Gasteiger partial charge in [0.1, 0.15) is 11.4 Å². The number of aromatic nitrogens is 1. The maximum absolute atomic E-state index is 11.6. The fourth-order valence-corrected chi connectivity index (χ4v) is 4.64. The van der Waals surface area contributed by atoms with E-state index in [0.717, 1.165) is 39.2 Å². The number of aliphatic carboxylic acids is 1. The number of anilines is 1. The van der Waals surface area contributed by atoms with Crippen molar-refractivity contribution in [1.29, 1.82) is 0 Å². The van der Waals surface area contributed by atoms with Crippen molar-refractivity contribution in [3.05, 3.63) is 95.7 Å². The molecule has 5 rings (SSSR count). The van der Waals surface area contributed by atoms with E-state index in [1.807, 2.05) is 92.7 Å². The quantitative estimate of drug-likeness (QED) is 0.278. The van der Waals surface area contributed by atoms with Gasteiger partial charge in [-0.25, -0.2) is 0 Å². The van der Waals surface area contributed by atoms with Gasteiger partial charge < -0.3 is 20.1 Å². The van der Waals surface area contributed by atoms with Crippen LogP contribution >= 0.6 is 0 Å². The molecular weight excluding hydrogens is 452 g/mol. The maximum atomic E-state index is 11.6. The van der Waals surface area contributed by atoms with E-state index in [9.17, 15) is 15.0 Å². The zero-order chi connectivity index (χ0) is 25.3. The van der Waals surface area contributed by atoms with Gasteiger partial charge in [0.25, 0.3) is 0 Å². The molecule has 1 aliphatic rings. The lowest BCUT2D eigenvalue weighted by Crippen LogP contribution is -2.32. The molecule has 0 radical (unpaired) electrons. The van der Waals surface area contributed by atoms with Crippen molar-refractivity contribution in [3.63, 3.8) is 0 Å². The number of nitrogens with zero attached hydrogens (tertiary/aromatic N) is 1. The molecule has 0 aliphatic heterocycles. The fourth-order valence-electron chi connectivity index (χ4n) is 4.64. The molecule has 184 valence electrons. The molecule has 3 N–H and O–H groups in total. The van der Waals surface area contributed by atoms with Gasteiger partial charge in [-0.15, -0.1) is 0 Å². The van der Waals surface area contributed by atoms with Gasteiger partial charge >= 0.3 is 5.97 Å². The molecule has 6 heteroatoms. The van der Waals surface area contributed by atoms with E-state index in [2.05, 4.69) is 10.5 Å². The van der Waals surface area contributed by atoms with Gasteiger partial charge in [0.15, 0.2) is 5.76 Å². The second-order valence-corrected chi connectivity index (χ2v) is 9.70. The summed E-state index contributed by atoms with van der Waals surface area (Å²) in [7, 11) is 0. The Balaban J connectivity index is 1.31. The number of benzene rings is 3. The molecule has 3 aromatic carbocycles. The number of hydrogen-bond acceptors (Lipinski definition) is 5. The normalized spacial score (nSPS) is 15.8. The molecule has 1 saturated carbocycles. The van der Waals surface area contributed by atoms with Crippen LogP contribution in [0.5, 0.6) is 0 Å². The van der Waals surface area contributed by atoms with Gasteiger partial charge in [-0.3, -0.25) is 4.79 Å². The number of carboxylic acids is 1. The van der Waals surface area contributed by atoms with Crippen LogP contribution in [0.2, 0.25) is 0 Å². The first-order valence-corrected chi connectivity index (χ1v) is 12.3. The van der Waals surface area contributed by atoms with Crippen molar-refractivity contribution < 1.29 is 19.5 Å². The van der Waals surface area contributed by atoms with Crippen molar-refractivity contribution in [3.8, 4) is 22.5 Å². The lowest BCUT2D eigenvalue weighted by molar-refractivity contribution is -0.140. The fraction of sp³-hybridized carbons (Fsp3) is 0.267. The van der Waals surface area contributed by atoms with Gasteiger partial charge in [-0.2, -0.15) is 0 Å². The van der Waals surface area contributed by atoms with Crippen molar-refractivity contribution in [1.82, 2.24) is 5.16 Å². The van der Waals surface area contributed by atoms with Crippen LogP contribution in [0, 0.1) is 6.92 Å². The van der Waals surface area contributed by atoms with Crippen LogP contribution < -0.4 is 5.32 Å². The third-order valence-corrected chi connectivity index (χ3v) is 7.18. The standard InChI is InChI=1S/C30H30N2O4/c1-19(26(33)18-21-6-4-3-5-7-21)31-27-20(2)32-36-28(27)24-10-8-22(9-11-24)23-12-14-25(15-13-23)30(16-17-30)29(34)35/h3-15,19,26,31,33H,16-18H2,1-2H3,(H,34,35). The number of aliphatic hydroxyl groups excluding tert-OH is 1. The van der Waals surface area contributed by atoms with Crippen LogP contribution in [0.3, 0.4) is 0 Å². The van der Waals surface area contributed by atoms with E-state index in [0.29, 0.717) is 25.0 Å². The van der Waals surface area contributed by atoms with Gasteiger partial charge in [0.2, 0.25) is 0 Å². The van der Waals surface area contributed by atoms with Crippen LogP contribution in [0.1, 0.15) is 36.6 Å². The Morgan fingerprint density at radius 3 is 2.14 bits per heavy atom. The highest BCUT2D eigenvalue weighted by Gasteiger charge is 2.51.